The van der Waals surface area contributed by atoms with Crippen molar-refractivity contribution < 1.29 is 9.26 Å². The zero-order valence-electron chi connectivity index (χ0n) is 19.9. The molecule has 1 aromatic rings. The van der Waals surface area contributed by atoms with Crippen LogP contribution >= 0.6 is 8.30 Å². The molecule has 1 aliphatic heterocycles. The first-order chi connectivity index (χ1) is 15.1. The third-order valence-electron chi connectivity index (χ3n) is 5.59. The van der Waals surface area contributed by atoms with Crippen molar-refractivity contribution in [1.29, 1.82) is 5.26 Å². The average molecular weight is 463 g/mol. The summed E-state index contributed by atoms with van der Waals surface area (Å²) in [5.41, 5.74) is -0.371. The van der Waals surface area contributed by atoms with E-state index in [0.29, 0.717) is 18.4 Å². The van der Waals surface area contributed by atoms with Crippen LogP contribution in [0.5, 0.6) is 0 Å². The lowest BCUT2D eigenvalue weighted by Gasteiger charge is -2.41. The van der Waals surface area contributed by atoms with Gasteiger partial charge in [0.05, 0.1) is 24.7 Å². The van der Waals surface area contributed by atoms with Gasteiger partial charge in [-0.05, 0) is 41.0 Å². The molecule has 8 nitrogen and oxygen atoms in total. The van der Waals surface area contributed by atoms with E-state index in [1.54, 1.807) is 13.1 Å². The standard InChI is InChI=1S/C23H35N4O4P/c1-8-10-18(12-24)14-30-32(27(15(3)4)16(5)6)20-11-21(31-19(20)9-2)26-13-17(7)22(28)25-23(26)29/h1,13,15-16,18-21H,9-11,14H2,2-7H3,(H,25,28,29)/t18?,19-,20?,21-,32?/m1/s1. The summed E-state index contributed by atoms with van der Waals surface area (Å²) < 4.78 is 16.6. The number of rotatable bonds is 10. The summed E-state index contributed by atoms with van der Waals surface area (Å²) >= 11 is 0. The van der Waals surface area contributed by atoms with Crippen molar-refractivity contribution in [2.24, 2.45) is 5.92 Å². The van der Waals surface area contributed by atoms with Gasteiger partial charge >= 0.3 is 5.69 Å². The zero-order valence-corrected chi connectivity index (χ0v) is 20.8. The first-order valence-corrected chi connectivity index (χ1v) is 12.4. The normalized spacial score (nSPS) is 22.8. The molecule has 1 N–H and O–H groups in total. The van der Waals surface area contributed by atoms with Crippen molar-refractivity contribution in [2.45, 2.75) is 90.9 Å². The van der Waals surface area contributed by atoms with Crippen LogP contribution in [0, 0.1) is 36.5 Å². The molecule has 0 amide bonds. The van der Waals surface area contributed by atoms with Gasteiger partial charge in [0.15, 0.2) is 0 Å². The maximum atomic E-state index is 12.5. The summed E-state index contributed by atoms with van der Waals surface area (Å²) in [5.74, 6) is 2.18. The number of aromatic amines is 1. The van der Waals surface area contributed by atoms with E-state index in [1.165, 1.54) is 4.57 Å². The molecule has 32 heavy (non-hydrogen) atoms. The highest BCUT2D eigenvalue weighted by Gasteiger charge is 2.45. The van der Waals surface area contributed by atoms with Crippen LogP contribution in [-0.2, 0) is 9.26 Å². The Balaban J connectivity index is 2.39. The topological polar surface area (TPSA) is 100 Å². The largest absolute Gasteiger partial charge is 0.354 e. The maximum Gasteiger partial charge on any atom is 0.330 e. The van der Waals surface area contributed by atoms with Crippen molar-refractivity contribution in [3.63, 3.8) is 0 Å². The van der Waals surface area contributed by atoms with E-state index in [4.69, 9.17) is 15.7 Å². The fourth-order valence-corrected chi connectivity index (χ4v) is 6.96. The van der Waals surface area contributed by atoms with Crippen LogP contribution in [0.2, 0.25) is 0 Å². The summed E-state index contributed by atoms with van der Waals surface area (Å²) in [4.78, 5) is 26.6. The zero-order chi connectivity index (χ0) is 24.0. The van der Waals surface area contributed by atoms with Crippen LogP contribution in [0.15, 0.2) is 15.8 Å². The third kappa shape index (κ3) is 6.09. The van der Waals surface area contributed by atoms with Gasteiger partial charge in [-0.15, -0.1) is 12.3 Å². The van der Waals surface area contributed by atoms with E-state index in [0.717, 1.165) is 6.42 Å². The van der Waals surface area contributed by atoms with E-state index in [9.17, 15) is 14.9 Å². The number of ether oxygens (including phenoxy) is 1. The Kier molecular flexibility index (Phi) is 9.67. The van der Waals surface area contributed by atoms with Crippen LogP contribution < -0.4 is 11.2 Å². The van der Waals surface area contributed by atoms with Crippen LogP contribution in [0.1, 0.15) is 65.7 Å². The number of nitrogens with one attached hydrogen (secondary N) is 1. The first-order valence-electron chi connectivity index (χ1n) is 11.1. The molecule has 0 spiro atoms. The molecule has 3 unspecified atom stereocenters. The van der Waals surface area contributed by atoms with Crippen LogP contribution in [0.4, 0.5) is 0 Å². The molecule has 176 valence electrons. The van der Waals surface area contributed by atoms with Gasteiger partial charge in [-0.3, -0.25) is 19.0 Å². The fraction of sp³-hybridized carbons (Fsp3) is 0.696. The van der Waals surface area contributed by atoms with Gasteiger partial charge in [-0.25, -0.2) is 4.79 Å². The SMILES string of the molecule is C#CCC(C#N)COP(C1C[C@H](n2cc(C)c(=O)[nH]c2=O)O[C@@H]1CC)N(C(C)C)C(C)C. The smallest absolute Gasteiger partial charge is 0.330 e. The first kappa shape index (κ1) is 26.3. The lowest BCUT2D eigenvalue weighted by molar-refractivity contribution is -0.00223. The minimum Gasteiger partial charge on any atom is -0.354 e. The molecule has 0 radical (unpaired) electrons. The van der Waals surface area contributed by atoms with E-state index in [-0.39, 0.29) is 41.9 Å². The van der Waals surface area contributed by atoms with Crippen molar-refractivity contribution in [1.82, 2.24) is 14.2 Å². The van der Waals surface area contributed by atoms with Gasteiger partial charge in [-0.2, -0.15) is 5.26 Å². The molecule has 0 aliphatic carbocycles. The number of nitrogens with zero attached hydrogens (tertiary/aromatic N) is 3. The summed E-state index contributed by atoms with van der Waals surface area (Å²) in [7, 11) is -1.14. The van der Waals surface area contributed by atoms with Crippen molar-refractivity contribution in [2.75, 3.05) is 6.61 Å². The van der Waals surface area contributed by atoms with E-state index in [1.807, 2.05) is 0 Å². The lowest BCUT2D eigenvalue weighted by atomic mass is 10.1. The minimum atomic E-state index is -1.14. The second kappa shape index (κ2) is 11.8. The minimum absolute atomic E-state index is 0.0362. The molecule has 1 aliphatic rings. The van der Waals surface area contributed by atoms with Crippen LogP contribution in [-0.4, -0.2) is 44.7 Å². The summed E-state index contributed by atoms with van der Waals surface area (Å²) in [6.45, 7) is 12.5. The Hall–Kier alpha value is -1.96. The predicted octanol–water partition coefficient (Wildman–Crippen LogP) is 3.52. The molecule has 1 aromatic heterocycles. The van der Waals surface area contributed by atoms with Gasteiger partial charge in [0, 0.05) is 42.3 Å². The Morgan fingerprint density at radius 1 is 1.38 bits per heavy atom. The van der Waals surface area contributed by atoms with E-state index in [2.05, 4.69) is 56.3 Å². The molecule has 2 heterocycles. The summed E-state index contributed by atoms with van der Waals surface area (Å²) in [6.07, 6.45) is 8.06. The number of H-pyrrole nitrogens is 1. The molecule has 9 heteroatoms. The molecule has 0 aromatic carbocycles. The van der Waals surface area contributed by atoms with Gasteiger partial charge in [0.1, 0.15) is 14.5 Å². The van der Waals surface area contributed by atoms with Crippen molar-refractivity contribution >= 4 is 8.30 Å². The Labute approximate surface area is 191 Å². The summed E-state index contributed by atoms with van der Waals surface area (Å²) in [6, 6.07) is 2.69. The number of nitriles is 1. The highest BCUT2D eigenvalue weighted by Crippen LogP contribution is 2.56. The second-order valence-electron chi connectivity index (χ2n) is 8.72. The van der Waals surface area contributed by atoms with Crippen molar-refractivity contribution in [3.05, 3.63) is 32.6 Å². The lowest BCUT2D eigenvalue weighted by Crippen LogP contribution is -2.38. The number of hydrogen-bond donors (Lipinski definition) is 1. The third-order valence-corrected chi connectivity index (χ3v) is 8.49. The van der Waals surface area contributed by atoms with Crippen LogP contribution in [0.25, 0.3) is 0 Å². The average Bonchev–Trinajstić information content (AvgIpc) is 3.15. The van der Waals surface area contributed by atoms with Crippen molar-refractivity contribution in [3.8, 4) is 18.4 Å². The number of terminal acetylenes is 1. The highest BCUT2D eigenvalue weighted by atomic mass is 31.2. The van der Waals surface area contributed by atoms with E-state index < -0.39 is 20.2 Å². The van der Waals surface area contributed by atoms with Gasteiger partial charge in [0.2, 0.25) is 0 Å². The Morgan fingerprint density at radius 2 is 2.03 bits per heavy atom. The second-order valence-corrected chi connectivity index (χ2v) is 10.7. The Morgan fingerprint density at radius 3 is 2.56 bits per heavy atom. The van der Waals surface area contributed by atoms with Crippen LogP contribution in [0.3, 0.4) is 0 Å². The molecule has 0 bridgehead atoms. The molecule has 1 fully saturated rings. The van der Waals surface area contributed by atoms with E-state index >= 15 is 0 Å². The molecule has 0 saturated carbocycles. The van der Waals surface area contributed by atoms with Gasteiger partial charge in [0.25, 0.3) is 5.56 Å². The summed E-state index contributed by atoms with van der Waals surface area (Å²) in [5, 5.41) is 9.44. The fourth-order valence-electron chi connectivity index (χ4n) is 4.12. The molecular formula is C23H35N4O4P. The molecule has 2 rings (SSSR count). The maximum absolute atomic E-state index is 12.5. The number of aromatic nitrogens is 2. The number of hydrogen-bond acceptors (Lipinski definition) is 6. The molecule has 5 atom stereocenters. The molecular weight excluding hydrogens is 427 g/mol. The monoisotopic (exact) mass is 462 g/mol. The number of aryl methyl sites for hydroxylation is 1. The Bertz CT molecular complexity index is 950. The quantitative estimate of drug-likeness (QED) is 0.422. The predicted molar refractivity (Wildman–Crippen MR) is 126 cm³/mol. The van der Waals surface area contributed by atoms with Gasteiger partial charge in [-0.1, -0.05) is 6.92 Å². The van der Waals surface area contributed by atoms with Gasteiger partial charge < -0.3 is 9.26 Å². The molecule has 1 saturated heterocycles. The highest BCUT2D eigenvalue weighted by molar-refractivity contribution is 7.51.